The summed E-state index contributed by atoms with van der Waals surface area (Å²) in [6, 6.07) is 19.8. The Labute approximate surface area is 199 Å². The zero-order valence-electron chi connectivity index (χ0n) is 18.8. The lowest BCUT2D eigenvalue weighted by atomic mass is 9.85. The number of amides is 1. The summed E-state index contributed by atoms with van der Waals surface area (Å²) in [4.78, 5) is 12.8. The number of anilines is 1. The molecule has 1 heterocycles. The van der Waals surface area contributed by atoms with Gasteiger partial charge in [0.1, 0.15) is 10.6 Å². The third-order valence-corrected chi connectivity index (χ3v) is 9.76. The number of carbonyl (C=O) groups excluding carboxylic acids is 1. The van der Waals surface area contributed by atoms with Crippen molar-refractivity contribution in [2.45, 2.75) is 41.9 Å². The highest BCUT2D eigenvalue weighted by atomic mass is 32.2. The first kappa shape index (κ1) is 22.6. The molecule has 1 amide bonds. The zero-order valence-corrected chi connectivity index (χ0v) is 19.6. The van der Waals surface area contributed by atoms with Crippen LogP contribution in [0, 0.1) is 11.7 Å². The molecule has 3 aromatic rings. The van der Waals surface area contributed by atoms with Gasteiger partial charge in [0.25, 0.3) is 5.91 Å². The second-order valence-corrected chi connectivity index (χ2v) is 11.3. The van der Waals surface area contributed by atoms with Gasteiger partial charge in [-0.2, -0.15) is 0 Å². The van der Waals surface area contributed by atoms with Gasteiger partial charge in [0.2, 0.25) is 0 Å². The van der Waals surface area contributed by atoms with Gasteiger partial charge in [-0.3, -0.25) is 4.79 Å². The normalized spacial score (nSPS) is 20.0. The van der Waals surface area contributed by atoms with Gasteiger partial charge in [-0.1, -0.05) is 43.2 Å². The minimum Gasteiger partial charge on any atom is -0.383 e. The molecular formula is C27H27FN2O3S. The van der Waals surface area contributed by atoms with Crippen molar-refractivity contribution in [3.05, 3.63) is 95.3 Å². The first-order chi connectivity index (χ1) is 16.4. The first-order valence-electron chi connectivity index (χ1n) is 11.6. The lowest BCUT2D eigenvalue weighted by molar-refractivity contribution is 0.0951. The van der Waals surface area contributed by atoms with Crippen molar-refractivity contribution in [3.8, 4) is 0 Å². The average molecular weight is 479 g/mol. The van der Waals surface area contributed by atoms with Crippen molar-refractivity contribution in [2.24, 2.45) is 5.92 Å². The number of halogens is 1. The molecule has 0 spiro atoms. The van der Waals surface area contributed by atoms with Crippen molar-refractivity contribution in [1.29, 1.82) is 0 Å². The van der Waals surface area contributed by atoms with Gasteiger partial charge in [-0.15, -0.1) is 0 Å². The van der Waals surface area contributed by atoms with Gasteiger partial charge in [-0.25, -0.2) is 12.8 Å². The molecule has 1 aliphatic heterocycles. The zero-order chi connectivity index (χ0) is 23.8. The Morgan fingerprint density at radius 1 is 0.971 bits per heavy atom. The monoisotopic (exact) mass is 478 g/mol. The van der Waals surface area contributed by atoms with Gasteiger partial charge in [0, 0.05) is 24.3 Å². The number of benzene rings is 3. The second kappa shape index (κ2) is 8.87. The van der Waals surface area contributed by atoms with Crippen molar-refractivity contribution in [2.75, 3.05) is 11.9 Å². The highest BCUT2D eigenvalue weighted by molar-refractivity contribution is 7.92. The molecule has 5 rings (SSSR count). The van der Waals surface area contributed by atoms with Crippen LogP contribution in [0.3, 0.4) is 0 Å². The molecule has 5 nitrogen and oxygen atoms in total. The Hall–Kier alpha value is -3.19. The van der Waals surface area contributed by atoms with Crippen LogP contribution in [-0.2, 0) is 21.1 Å². The van der Waals surface area contributed by atoms with E-state index in [1.54, 1.807) is 36.4 Å². The minimum atomic E-state index is -3.73. The topological polar surface area (TPSA) is 75.3 Å². The molecule has 1 atom stereocenters. The Kier molecular flexibility index (Phi) is 5.90. The molecule has 176 valence electrons. The van der Waals surface area contributed by atoms with E-state index in [0.717, 1.165) is 42.5 Å². The number of fused-ring (bicyclic) bond motifs is 1. The highest BCUT2D eigenvalue weighted by Crippen LogP contribution is 2.53. The second-order valence-electron chi connectivity index (χ2n) is 9.11. The van der Waals surface area contributed by atoms with Crippen molar-refractivity contribution in [1.82, 2.24) is 5.32 Å². The fraction of sp³-hybridized carbons (Fsp3) is 0.296. The van der Waals surface area contributed by atoms with E-state index < -0.39 is 14.6 Å². The number of sulfone groups is 1. The van der Waals surface area contributed by atoms with Crippen LogP contribution in [0.25, 0.3) is 0 Å². The van der Waals surface area contributed by atoms with Gasteiger partial charge in [-0.05, 0) is 72.4 Å². The summed E-state index contributed by atoms with van der Waals surface area (Å²) in [5.41, 5.74) is 2.89. The SMILES string of the molecule is O=C(NCc1ccc(F)cc1)c1ccc(S(=O)(=O)C2(C3CCCC3)CNc3ccccc32)cc1. The number of carbonyl (C=O) groups is 1. The van der Waals surface area contributed by atoms with Gasteiger partial charge in [0.05, 0.1) is 4.90 Å². The van der Waals surface area contributed by atoms with Gasteiger partial charge < -0.3 is 10.6 Å². The summed E-state index contributed by atoms with van der Waals surface area (Å²) in [6.07, 6.45) is 3.85. The number of hydrogen-bond donors (Lipinski definition) is 2. The molecule has 0 aromatic heterocycles. The predicted octanol–water partition coefficient (Wildman–Crippen LogP) is 5.04. The molecule has 2 aliphatic rings. The van der Waals surface area contributed by atoms with E-state index in [9.17, 15) is 17.6 Å². The van der Waals surface area contributed by atoms with E-state index in [0.29, 0.717) is 12.1 Å². The van der Waals surface area contributed by atoms with E-state index in [1.807, 2.05) is 24.3 Å². The summed E-state index contributed by atoms with van der Waals surface area (Å²) < 4.78 is 40.4. The van der Waals surface area contributed by atoms with Crippen LogP contribution in [0.5, 0.6) is 0 Å². The van der Waals surface area contributed by atoms with Crippen LogP contribution in [0.2, 0.25) is 0 Å². The average Bonchev–Trinajstić information content (AvgIpc) is 3.53. The largest absolute Gasteiger partial charge is 0.383 e. The van der Waals surface area contributed by atoms with Crippen LogP contribution in [0.1, 0.15) is 47.2 Å². The molecule has 7 heteroatoms. The summed E-state index contributed by atoms with van der Waals surface area (Å²) in [5, 5.41) is 6.13. The molecule has 3 aromatic carbocycles. The number of hydrogen-bond acceptors (Lipinski definition) is 4. The van der Waals surface area contributed by atoms with Crippen LogP contribution in [-0.4, -0.2) is 20.9 Å². The molecule has 1 aliphatic carbocycles. The Morgan fingerprint density at radius 3 is 2.35 bits per heavy atom. The Morgan fingerprint density at radius 2 is 1.65 bits per heavy atom. The highest BCUT2D eigenvalue weighted by Gasteiger charge is 2.55. The molecule has 0 radical (unpaired) electrons. The molecule has 2 N–H and O–H groups in total. The van der Waals surface area contributed by atoms with Crippen molar-refractivity contribution >= 4 is 21.4 Å². The minimum absolute atomic E-state index is 0.0485. The summed E-state index contributed by atoms with van der Waals surface area (Å²) in [6.45, 7) is 0.617. The number of para-hydroxylation sites is 1. The van der Waals surface area contributed by atoms with E-state index >= 15 is 0 Å². The fourth-order valence-electron chi connectivity index (χ4n) is 5.43. The lowest BCUT2D eigenvalue weighted by Gasteiger charge is -2.35. The number of nitrogens with one attached hydrogen (secondary N) is 2. The van der Waals surface area contributed by atoms with Gasteiger partial charge >= 0.3 is 0 Å². The van der Waals surface area contributed by atoms with E-state index in [4.69, 9.17) is 0 Å². The Bertz CT molecular complexity index is 1300. The van der Waals surface area contributed by atoms with Crippen LogP contribution in [0.15, 0.2) is 77.7 Å². The third kappa shape index (κ3) is 3.78. The van der Waals surface area contributed by atoms with Crippen LogP contribution in [0.4, 0.5) is 10.1 Å². The quantitative estimate of drug-likeness (QED) is 0.521. The van der Waals surface area contributed by atoms with E-state index in [2.05, 4.69) is 10.6 Å². The smallest absolute Gasteiger partial charge is 0.251 e. The van der Waals surface area contributed by atoms with E-state index in [-0.39, 0.29) is 29.1 Å². The molecule has 0 bridgehead atoms. The van der Waals surface area contributed by atoms with Gasteiger partial charge in [0.15, 0.2) is 9.84 Å². The maximum absolute atomic E-state index is 14.2. The Balaban J connectivity index is 1.41. The summed E-state index contributed by atoms with van der Waals surface area (Å²) >= 11 is 0. The lowest BCUT2D eigenvalue weighted by Crippen LogP contribution is -2.44. The molecule has 1 unspecified atom stereocenters. The summed E-state index contributed by atoms with van der Waals surface area (Å²) in [7, 11) is -3.73. The molecule has 1 saturated carbocycles. The predicted molar refractivity (Wildman–Crippen MR) is 130 cm³/mol. The van der Waals surface area contributed by atoms with Crippen LogP contribution >= 0.6 is 0 Å². The van der Waals surface area contributed by atoms with E-state index in [1.165, 1.54) is 12.1 Å². The first-order valence-corrected chi connectivity index (χ1v) is 13.1. The summed E-state index contributed by atoms with van der Waals surface area (Å²) in [5.74, 6) is -0.596. The third-order valence-electron chi connectivity index (χ3n) is 7.21. The fourth-order valence-corrected chi connectivity index (χ4v) is 7.75. The number of rotatable bonds is 6. The maximum Gasteiger partial charge on any atom is 0.251 e. The molecule has 34 heavy (non-hydrogen) atoms. The van der Waals surface area contributed by atoms with Crippen molar-refractivity contribution in [3.63, 3.8) is 0 Å². The molecule has 0 saturated heterocycles. The molecular weight excluding hydrogens is 451 g/mol. The molecule has 1 fully saturated rings. The standard InChI is InChI=1S/C27H27FN2O3S/c28-22-13-9-19(10-14-22)17-29-26(31)20-11-15-23(16-12-20)34(32,33)27(21-5-1-2-6-21)18-30-25-8-4-3-7-24(25)27/h3-4,7-16,21,30H,1-2,5-6,17-18H2,(H,29,31). The van der Waals surface area contributed by atoms with Crippen molar-refractivity contribution < 1.29 is 17.6 Å². The maximum atomic E-state index is 14.2. The van der Waals surface area contributed by atoms with Crippen LogP contribution < -0.4 is 10.6 Å².